The third-order valence-corrected chi connectivity index (χ3v) is 3.06. The minimum atomic E-state index is -0.426. The van der Waals surface area contributed by atoms with Crippen molar-refractivity contribution < 1.29 is 19.2 Å². The molecule has 0 saturated carbocycles. The summed E-state index contributed by atoms with van der Waals surface area (Å²) in [6.45, 7) is 1.22. The first kappa shape index (κ1) is 25.2. The Hall–Kier alpha value is -3.84. The zero-order valence-electron chi connectivity index (χ0n) is 15.6. The van der Waals surface area contributed by atoms with Gasteiger partial charge in [0.25, 0.3) is 11.8 Å². The summed E-state index contributed by atoms with van der Waals surface area (Å²) >= 11 is 0. The average Bonchev–Trinajstić information content (AvgIpc) is 2.78. The van der Waals surface area contributed by atoms with Crippen molar-refractivity contribution in [3.8, 4) is 0 Å². The molecular weight excluding hydrogens is 380 g/mol. The number of benzene rings is 2. The van der Waals surface area contributed by atoms with Gasteiger partial charge in [-0.05, 0) is 48.5 Å². The standard InChI is InChI=1S/2C7H10N4O.C3H4O2/c2*8-10-6-3-1-5(2-4-6)7(12)11-9;1-3(5)2-4/h2*1-4,10H,8-9H2,(H,11,12);2H,1H3. The van der Waals surface area contributed by atoms with Crippen molar-refractivity contribution in [2.24, 2.45) is 23.4 Å². The van der Waals surface area contributed by atoms with Gasteiger partial charge in [0, 0.05) is 29.4 Å². The summed E-state index contributed by atoms with van der Waals surface area (Å²) in [6, 6.07) is 13.2. The van der Waals surface area contributed by atoms with E-state index in [0.717, 1.165) is 11.4 Å². The third kappa shape index (κ3) is 10.2. The largest absolute Gasteiger partial charge is 0.324 e. The molecule has 0 spiro atoms. The third-order valence-electron chi connectivity index (χ3n) is 3.06. The first-order valence-electron chi connectivity index (χ1n) is 7.93. The van der Waals surface area contributed by atoms with Crippen LogP contribution in [0.2, 0.25) is 0 Å². The molecule has 156 valence electrons. The Kier molecular flexibility index (Phi) is 12.4. The summed E-state index contributed by atoms with van der Waals surface area (Å²) in [5.74, 6) is 19.1. The van der Waals surface area contributed by atoms with Crippen LogP contribution in [0.4, 0.5) is 11.4 Å². The van der Waals surface area contributed by atoms with Crippen LogP contribution in [0.5, 0.6) is 0 Å². The number of nitrogen functional groups attached to an aromatic ring is 4. The average molecular weight is 404 g/mol. The molecule has 0 aromatic heterocycles. The van der Waals surface area contributed by atoms with Gasteiger partial charge in [-0.25, -0.2) is 11.7 Å². The number of hydrazine groups is 4. The van der Waals surface area contributed by atoms with Gasteiger partial charge in [-0.15, -0.1) is 0 Å². The van der Waals surface area contributed by atoms with Crippen molar-refractivity contribution in [2.45, 2.75) is 6.92 Å². The van der Waals surface area contributed by atoms with Crippen LogP contribution in [-0.2, 0) is 9.59 Å². The van der Waals surface area contributed by atoms with E-state index in [1.165, 1.54) is 6.92 Å². The molecule has 0 aliphatic rings. The molecule has 0 aliphatic heterocycles. The van der Waals surface area contributed by atoms with Crippen LogP contribution in [0.25, 0.3) is 0 Å². The Bertz CT molecular complexity index is 735. The lowest BCUT2D eigenvalue weighted by Crippen LogP contribution is -2.29. The smallest absolute Gasteiger partial charge is 0.265 e. The van der Waals surface area contributed by atoms with Crippen molar-refractivity contribution in [1.29, 1.82) is 0 Å². The van der Waals surface area contributed by atoms with Crippen LogP contribution in [0.3, 0.4) is 0 Å². The molecule has 2 amide bonds. The highest BCUT2D eigenvalue weighted by Gasteiger charge is 2.01. The van der Waals surface area contributed by atoms with Gasteiger partial charge < -0.3 is 10.9 Å². The maximum atomic E-state index is 10.9. The Morgan fingerprint density at radius 2 is 0.966 bits per heavy atom. The molecule has 12 heteroatoms. The van der Waals surface area contributed by atoms with Gasteiger partial charge in [0.15, 0.2) is 12.1 Å². The number of anilines is 2. The topological polar surface area (TPSA) is 220 Å². The normalized spacial score (nSPS) is 8.72. The predicted octanol–water partition coefficient (Wildman–Crippen LogP) is -1.07. The number of Topliss-reactive ketones (excluding diaryl/α,β-unsaturated/α-hetero) is 1. The maximum absolute atomic E-state index is 10.9. The quantitative estimate of drug-likeness (QED) is 0.0990. The van der Waals surface area contributed by atoms with Crippen LogP contribution in [0.1, 0.15) is 27.6 Å². The molecule has 0 heterocycles. The zero-order valence-corrected chi connectivity index (χ0v) is 15.6. The zero-order chi connectivity index (χ0) is 22.2. The van der Waals surface area contributed by atoms with Gasteiger partial charge in [0.2, 0.25) is 0 Å². The number of hydrogen-bond donors (Lipinski definition) is 8. The van der Waals surface area contributed by atoms with Crippen molar-refractivity contribution in [2.75, 3.05) is 10.9 Å². The second-order valence-corrected chi connectivity index (χ2v) is 5.12. The fraction of sp³-hybridized carbons (Fsp3) is 0.0588. The highest BCUT2D eigenvalue weighted by molar-refractivity contribution is 6.23. The van der Waals surface area contributed by atoms with Gasteiger partial charge in [-0.2, -0.15) is 0 Å². The maximum Gasteiger partial charge on any atom is 0.265 e. The van der Waals surface area contributed by atoms with Crippen molar-refractivity contribution in [3.63, 3.8) is 0 Å². The first-order chi connectivity index (χ1) is 13.8. The molecule has 0 fully saturated rings. The van der Waals surface area contributed by atoms with Crippen LogP contribution in [0, 0.1) is 0 Å². The molecule has 2 aromatic carbocycles. The second kappa shape index (κ2) is 14.2. The number of amides is 2. The van der Waals surface area contributed by atoms with Gasteiger partial charge in [-0.3, -0.25) is 41.7 Å². The summed E-state index contributed by atoms with van der Waals surface area (Å²) in [7, 11) is 0. The van der Waals surface area contributed by atoms with E-state index in [1.807, 2.05) is 10.9 Å². The van der Waals surface area contributed by atoms with Crippen molar-refractivity contribution >= 4 is 35.3 Å². The summed E-state index contributed by atoms with van der Waals surface area (Å²) in [5, 5.41) is 0. The van der Waals surface area contributed by atoms with Crippen molar-refractivity contribution in [3.05, 3.63) is 59.7 Å². The van der Waals surface area contributed by atoms with E-state index < -0.39 is 5.78 Å². The van der Waals surface area contributed by atoms with E-state index in [-0.39, 0.29) is 18.1 Å². The Morgan fingerprint density at radius 3 is 1.14 bits per heavy atom. The number of nitrogens with two attached hydrogens (primary N) is 4. The van der Waals surface area contributed by atoms with E-state index in [4.69, 9.17) is 28.2 Å². The molecule has 12 N–H and O–H groups in total. The molecular formula is C17H24N8O4. The van der Waals surface area contributed by atoms with Crippen LogP contribution in [-0.4, -0.2) is 23.9 Å². The van der Waals surface area contributed by atoms with E-state index in [1.54, 1.807) is 48.5 Å². The number of aldehydes is 1. The summed E-state index contributed by atoms with van der Waals surface area (Å²) in [4.78, 5) is 40.5. The highest BCUT2D eigenvalue weighted by Crippen LogP contribution is 2.07. The van der Waals surface area contributed by atoms with Gasteiger partial charge in [0.1, 0.15) is 0 Å². The number of carbonyl (C=O) groups is 4. The number of ketones is 1. The van der Waals surface area contributed by atoms with Crippen LogP contribution >= 0.6 is 0 Å². The predicted molar refractivity (Wildman–Crippen MR) is 109 cm³/mol. The fourth-order valence-electron chi connectivity index (χ4n) is 1.60. The fourth-order valence-corrected chi connectivity index (χ4v) is 1.60. The Morgan fingerprint density at radius 1 is 0.690 bits per heavy atom. The lowest BCUT2D eigenvalue weighted by molar-refractivity contribution is -0.128. The van der Waals surface area contributed by atoms with Gasteiger partial charge >= 0.3 is 0 Å². The minimum Gasteiger partial charge on any atom is -0.324 e. The highest BCUT2D eigenvalue weighted by atomic mass is 16.2. The molecule has 0 bridgehead atoms. The summed E-state index contributed by atoms with van der Waals surface area (Å²) in [6.07, 6.45) is 0.278. The monoisotopic (exact) mass is 404 g/mol. The molecule has 29 heavy (non-hydrogen) atoms. The summed E-state index contributed by atoms with van der Waals surface area (Å²) < 4.78 is 0. The molecule has 0 radical (unpaired) electrons. The van der Waals surface area contributed by atoms with E-state index in [9.17, 15) is 14.4 Å². The minimum absolute atomic E-state index is 0.278. The number of nitrogens with one attached hydrogen (secondary N) is 4. The SMILES string of the molecule is CC(=O)C=O.NNC(=O)c1ccc(NN)cc1.NNC(=O)c1ccc(NN)cc1. The number of hydrogen-bond acceptors (Lipinski definition) is 10. The van der Waals surface area contributed by atoms with Crippen LogP contribution < -0.4 is 45.1 Å². The molecule has 12 nitrogen and oxygen atoms in total. The lowest BCUT2D eigenvalue weighted by atomic mass is 10.2. The van der Waals surface area contributed by atoms with Gasteiger partial charge in [-0.1, -0.05) is 0 Å². The lowest BCUT2D eigenvalue weighted by Gasteiger charge is -2.01. The number of carbonyl (C=O) groups excluding carboxylic acids is 4. The van der Waals surface area contributed by atoms with Gasteiger partial charge in [0.05, 0.1) is 0 Å². The molecule has 0 unspecified atom stereocenters. The molecule has 2 aromatic rings. The molecule has 0 atom stereocenters. The van der Waals surface area contributed by atoms with E-state index in [2.05, 4.69) is 10.9 Å². The molecule has 0 saturated heterocycles. The molecule has 2 rings (SSSR count). The van der Waals surface area contributed by atoms with Crippen LogP contribution in [0.15, 0.2) is 48.5 Å². The summed E-state index contributed by atoms with van der Waals surface area (Å²) in [5.41, 5.74) is 11.4. The van der Waals surface area contributed by atoms with E-state index in [0.29, 0.717) is 11.1 Å². The molecule has 0 aliphatic carbocycles. The number of rotatable bonds is 5. The second-order valence-electron chi connectivity index (χ2n) is 5.12. The Balaban J connectivity index is 0.000000442. The van der Waals surface area contributed by atoms with E-state index >= 15 is 0 Å². The first-order valence-corrected chi connectivity index (χ1v) is 7.93. The van der Waals surface area contributed by atoms with Crippen molar-refractivity contribution in [1.82, 2.24) is 10.9 Å². The Labute approximate surface area is 166 Å².